The second-order valence-electron chi connectivity index (χ2n) is 4.88. The van der Waals surface area contributed by atoms with Gasteiger partial charge < -0.3 is 10.2 Å². The molecule has 2 bridgehead atoms. The molecule has 0 aliphatic carbocycles. The minimum absolute atomic E-state index is 0.177. The van der Waals surface area contributed by atoms with Gasteiger partial charge in [-0.2, -0.15) is 0 Å². The number of hydrogen-bond acceptors (Lipinski definition) is 4. The summed E-state index contributed by atoms with van der Waals surface area (Å²) in [5.74, 6) is 0.757. The molecule has 1 aromatic heterocycles. The fourth-order valence-electron chi connectivity index (χ4n) is 3.33. The van der Waals surface area contributed by atoms with Crippen LogP contribution in [0.5, 0.6) is 0 Å². The summed E-state index contributed by atoms with van der Waals surface area (Å²) in [6.45, 7) is 7.01. The maximum atomic E-state index is 4.58. The lowest BCUT2D eigenvalue weighted by Gasteiger charge is -2.42. The van der Waals surface area contributed by atoms with Gasteiger partial charge in [-0.15, -0.1) is 11.3 Å². The number of nitrogens with zero attached hydrogens (tertiary/aromatic N) is 2. The van der Waals surface area contributed by atoms with Gasteiger partial charge in [0.15, 0.2) is 0 Å². The lowest BCUT2D eigenvalue weighted by atomic mass is 9.79. The Morgan fingerprint density at radius 1 is 1.62 bits per heavy atom. The first-order valence-electron chi connectivity index (χ1n) is 6.22. The molecule has 2 aliphatic heterocycles. The Bertz CT molecular complexity index is 351. The average Bonchev–Trinajstić information content (AvgIpc) is 2.95. The monoisotopic (exact) mass is 237 g/mol. The van der Waals surface area contributed by atoms with Crippen LogP contribution in [0.2, 0.25) is 0 Å². The first-order valence-corrected chi connectivity index (χ1v) is 7.10. The van der Waals surface area contributed by atoms with Crippen LogP contribution >= 0.6 is 11.3 Å². The summed E-state index contributed by atoms with van der Waals surface area (Å²) in [6, 6.07) is 0. The molecule has 3 nitrogen and oxygen atoms in total. The van der Waals surface area contributed by atoms with Crippen LogP contribution in [0.3, 0.4) is 0 Å². The standard InChI is InChI=1S/C12H19N3S/c1-2-14-12(11-13-5-8-16-11)4-7-15-6-3-10(12)9-15/h5,8,10,14H,2-4,6-7,9H2,1H3. The van der Waals surface area contributed by atoms with Gasteiger partial charge in [-0.05, 0) is 31.8 Å². The van der Waals surface area contributed by atoms with Crippen molar-refractivity contribution >= 4 is 11.3 Å². The van der Waals surface area contributed by atoms with E-state index in [0.717, 1.165) is 12.5 Å². The molecule has 3 heterocycles. The van der Waals surface area contributed by atoms with Gasteiger partial charge in [0, 0.05) is 24.7 Å². The van der Waals surface area contributed by atoms with E-state index in [1.54, 1.807) is 0 Å². The maximum absolute atomic E-state index is 4.58. The van der Waals surface area contributed by atoms with Crippen molar-refractivity contribution < 1.29 is 0 Å². The van der Waals surface area contributed by atoms with Crippen molar-refractivity contribution in [2.75, 3.05) is 26.2 Å². The Balaban J connectivity index is 1.96. The highest BCUT2D eigenvalue weighted by Crippen LogP contribution is 2.43. The number of aromatic nitrogens is 1. The molecular weight excluding hydrogens is 218 g/mol. The second-order valence-corrected chi connectivity index (χ2v) is 5.77. The Hall–Kier alpha value is -0.450. The third kappa shape index (κ3) is 1.51. The molecule has 0 amide bonds. The van der Waals surface area contributed by atoms with Gasteiger partial charge >= 0.3 is 0 Å². The van der Waals surface area contributed by atoms with Crippen molar-refractivity contribution in [3.8, 4) is 0 Å². The molecule has 3 atom stereocenters. The summed E-state index contributed by atoms with van der Waals surface area (Å²) < 4.78 is 0. The summed E-state index contributed by atoms with van der Waals surface area (Å²) in [7, 11) is 0. The fourth-order valence-corrected chi connectivity index (χ4v) is 4.25. The van der Waals surface area contributed by atoms with Crippen molar-refractivity contribution in [3.05, 3.63) is 16.6 Å². The third-order valence-electron chi connectivity index (χ3n) is 4.10. The summed E-state index contributed by atoms with van der Waals surface area (Å²) in [4.78, 5) is 7.18. The quantitative estimate of drug-likeness (QED) is 0.867. The molecule has 3 unspecified atom stereocenters. The van der Waals surface area contributed by atoms with Crippen LogP contribution in [0.25, 0.3) is 0 Å². The first-order chi connectivity index (χ1) is 7.85. The first kappa shape index (κ1) is 10.7. The van der Waals surface area contributed by atoms with Crippen molar-refractivity contribution in [2.24, 2.45) is 5.92 Å². The zero-order valence-corrected chi connectivity index (χ0v) is 10.6. The van der Waals surface area contributed by atoms with Crippen LogP contribution in [-0.2, 0) is 5.54 Å². The Labute approximate surface area is 101 Å². The Morgan fingerprint density at radius 2 is 2.56 bits per heavy atom. The minimum Gasteiger partial charge on any atom is -0.305 e. The van der Waals surface area contributed by atoms with E-state index in [1.165, 1.54) is 37.5 Å². The molecule has 2 aliphatic rings. The minimum atomic E-state index is 0.177. The molecule has 0 spiro atoms. The van der Waals surface area contributed by atoms with Crippen molar-refractivity contribution in [3.63, 3.8) is 0 Å². The number of hydrogen-bond donors (Lipinski definition) is 1. The summed E-state index contributed by atoms with van der Waals surface area (Å²) in [5, 5.41) is 7.16. The predicted molar refractivity (Wildman–Crippen MR) is 66.6 cm³/mol. The highest BCUT2D eigenvalue weighted by Gasteiger charge is 2.48. The van der Waals surface area contributed by atoms with Gasteiger partial charge in [-0.25, -0.2) is 4.98 Å². The summed E-state index contributed by atoms with van der Waals surface area (Å²) in [6.07, 6.45) is 4.49. The van der Waals surface area contributed by atoms with Crippen LogP contribution in [-0.4, -0.2) is 36.1 Å². The summed E-state index contributed by atoms with van der Waals surface area (Å²) in [5.41, 5.74) is 0.177. The highest BCUT2D eigenvalue weighted by atomic mass is 32.1. The smallest absolute Gasteiger partial charge is 0.113 e. The van der Waals surface area contributed by atoms with Crippen LogP contribution in [0, 0.1) is 5.92 Å². The molecule has 88 valence electrons. The zero-order valence-electron chi connectivity index (χ0n) is 9.78. The molecule has 16 heavy (non-hydrogen) atoms. The van der Waals surface area contributed by atoms with Crippen molar-refractivity contribution in [1.29, 1.82) is 0 Å². The van der Waals surface area contributed by atoms with E-state index < -0.39 is 0 Å². The molecular formula is C12H19N3S. The Kier molecular flexibility index (Phi) is 2.73. The molecule has 1 N–H and O–H groups in total. The van der Waals surface area contributed by atoms with Gasteiger partial charge in [0.05, 0.1) is 5.54 Å². The lowest BCUT2D eigenvalue weighted by Crippen LogP contribution is -2.53. The number of thiazole rings is 1. The molecule has 2 fully saturated rings. The van der Waals surface area contributed by atoms with Crippen LogP contribution in [0.4, 0.5) is 0 Å². The number of piperidine rings is 1. The fraction of sp³-hybridized carbons (Fsp3) is 0.750. The molecule has 3 rings (SSSR count). The number of rotatable bonds is 3. The Morgan fingerprint density at radius 3 is 3.31 bits per heavy atom. The van der Waals surface area contributed by atoms with Gasteiger partial charge in [-0.3, -0.25) is 0 Å². The van der Waals surface area contributed by atoms with Gasteiger partial charge in [0.25, 0.3) is 0 Å². The molecule has 0 radical (unpaired) electrons. The predicted octanol–water partition coefficient (Wildman–Crippen LogP) is 1.67. The van der Waals surface area contributed by atoms with E-state index in [2.05, 4.69) is 27.5 Å². The van der Waals surface area contributed by atoms with E-state index >= 15 is 0 Å². The van der Waals surface area contributed by atoms with E-state index in [0.29, 0.717) is 0 Å². The number of nitrogens with one attached hydrogen (secondary N) is 1. The van der Waals surface area contributed by atoms with Gasteiger partial charge in [-0.1, -0.05) is 6.92 Å². The molecule has 2 saturated heterocycles. The van der Waals surface area contributed by atoms with Crippen LogP contribution in [0.1, 0.15) is 24.8 Å². The molecule has 0 aromatic carbocycles. The number of fused-ring (bicyclic) bond motifs is 2. The maximum Gasteiger partial charge on any atom is 0.113 e. The highest BCUT2D eigenvalue weighted by molar-refractivity contribution is 7.09. The van der Waals surface area contributed by atoms with Crippen molar-refractivity contribution in [2.45, 2.75) is 25.3 Å². The normalized spacial score (nSPS) is 37.8. The second kappa shape index (κ2) is 4.09. The average molecular weight is 237 g/mol. The SMILES string of the molecule is CCNC1(c2nccs2)CCN2CCC1C2. The van der Waals surface area contributed by atoms with Crippen LogP contribution in [0.15, 0.2) is 11.6 Å². The third-order valence-corrected chi connectivity index (χ3v) is 5.05. The summed E-state index contributed by atoms with van der Waals surface area (Å²) >= 11 is 1.81. The topological polar surface area (TPSA) is 28.2 Å². The van der Waals surface area contributed by atoms with E-state index in [9.17, 15) is 0 Å². The molecule has 0 saturated carbocycles. The van der Waals surface area contributed by atoms with E-state index in [-0.39, 0.29) is 5.54 Å². The van der Waals surface area contributed by atoms with Gasteiger partial charge in [0.2, 0.25) is 0 Å². The van der Waals surface area contributed by atoms with Crippen molar-refractivity contribution in [1.82, 2.24) is 15.2 Å². The van der Waals surface area contributed by atoms with Crippen LogP contribution < -0.4 is 5.32 Å². The zero-order chi connectivity index (χ0) is 11.0. The van der Waals surface area contributed by atoms with E-state index in [1.807, 2.05) is 17.5 Å². The molecule has 4 heteroatoms. The largest absolute Gasteiger partial charge is 0.305 e. The molecule has 1 aromatic rings. The van der Waals surface area contributed by atoms with Gasteiger partial charge in [0.1, 0.15) is 5.01 Å². The lowest BCUT2D eigenvalue weighted by molar-refractivity contribution is 0.131. The van der Waals surface area contributed by atoms with E-state index in [4.69, 9.17) is 0 Å².